The van der Waals surface area contributed by atoms with Gasteiger partial charge in [-0.1, -0.05) is 11.8 Å². The van der Waals surface area contributed by atoms with Crippen LogP contribution in [-0.2, 0) is 23.3 Å². The van der Waals surface area contributed by atoms with Crippen molar-refractivity contribution in [1.29, 1.82) is 0 Å². The number of hydrogen-bond acceptors (Lipinski definition) is 6. The van der Waals surface area contributed by atoms with Crippen molar-refractivity contribution in [3.63, 3.8) is 0 Å². The summed E-state index contributed by atoms with van der Waals surface area (Å²) in [5.74, 6) is 2.67. The van der Waals surface area contributed by atoms with E-state index in [1.807, 2.05) is 25.7 Å². The van der Waals surface area contributed by atoms with Crippen LogP contribution >= 0.6 is 11.8 Å². The molecule has 1 aliphatic heterocycles. The van der Waals surface area contributed by atoms with Crippen LogP contribution in [0.4, 0.5) is 0 Å². The van der Waals surface area contributed by atoms with Crippen LogP contribution in [0.15, 0.2) is 5.16 Å². The number of sulfone groups is 1. The van der Waals surface area contributed by atoms with Crippen LogP contribution in [0.1, 0.15) is 12.2 Å². The fourth-order valence-electron chi connectivity index (χ4n) is 2.26. The fraction of sp³-hybridized carbons (Fsp3) is 0.833. The van der Waals surface area contributed by atoms with Gasteiger partial charge in [-0.05, 0) is 26.4 Å². The van der Waals surface area contributed by atoms with Gasteiger partial charge < -0.3 is 9.47 Å². The summed E-state index contributed by atoms with van der Waals surface area (Å²) in [6.07, 6.45) is 1.45. The van der Waals surface area contributed by atoms with Crippen molar-refractivity contribution in [2.24, 2.45) is 13.0 Å². The van der Waals surface area contributed by atoms with Crippen molar-refractivity contribution < 1.29 is 8.42 Å². The summed E-state index contributed by atoms with van der Waals surface area (Å²) in [6, 6.07) is 0. The highest BCUT2D eigenvalue weighted by atomic mass is 32.2. The second-order valence-corrected chi connectivity index (χ2v) is 8.87. The van der Waals surface area contributed by atoms with Gasteiger partial charge in [0.1, 0.15) is 5.82 Å². The number of thioether (sulfide) groups is 1. The molecule has 2 heterocycles. The zero-order chi connectivity index (χ0) is 14.8. The number of aromatic nitrogens is 3. The first kappa shape index (κ1) is 15.8. The number of rotatable bonds is 6. The van der Waals surface area contributed by atoms with E-state index < -0.39 is 9.84 Å². The van der Waals surface area contributed by atoms with Crippen LogP contribution in [0, 0.1) is 5.92 Å². The van der Waals surface area contributed by atoms with Crippen molar-refractivity contribution in [1.82, 2.24) is 19.7 Å². The maximum absolute atomic E-state index is 11.5. The Morgan fingerprint density at radius 3 is 2.75 bits per heavy atom. The third-order valence-corrected chi connectivity index (χ3v) is 6.33. The normalized spacial score (nSPS) is 21.7. The molecule has 2 rings (SSSR count). The second kappa shape index (κ2) is 6.44. The Morgan fingerprint density at radius 1 is 1.40 bits per heavy atom. The standard InChI is InChI=1S/C12H22N4O2S2/c1-15(2)5-6-19-12-14-13-11(16(12)3)8-10-4-7-20(17,18)9-10/h10H,4-9H2,1-3H3/t10-/m1/s1. The molecule has 6 nitrogen and oxygen atoms in total. The summed E-state index contributed by atoms with van der Waals surface area (Å²) >= 11 is 1.68. The first-order valence-electron chi connectivity index (χ1n) is 6.73. The van der Waals surface area contributed by atoms with Gasteiger partial charge in [-0.3, -0.25) is 0 Å². The predicted molar refractivity (Wildman–Crippen MR) is 80.7 cm³/mol. The van der Waals surface area contributed by atoms with Gasteiger partial charge in [0.15, 0.2) is 15.0 Å². The molecule has 1 fully saturated rings. The smallest absolute Gasteiger partial charge is 0.190 e. The summed E-state index contributed by atoms with van der Waals surface area (Å²) in [5, 5.41) is 9.31. The Hall–Kier alpha value is -0.600. The third kappa shape index (κ3) is 4.20. The zero-order valence-corrected chi connectivity index (χ0v) is 13.9. The monoisotopic (exact) mass is 318 g/mol. The lowest BCUT2D eigenvalue weighted by molar-refractivity contribution is 0.437. The molecule has 0 unspecified atom stereocenters. The van der Waals surface area contributed by atoms with Gasteiger partial charge in [-0.15, -0.1) is 10.2 Å². The highest BCUT2D eigenvalue weighted by molar-refractivity contribution is 7.99. The van der Waals surface area contributed by atoms with E-state index in [-0.39, 0.29) is 5.92 Å². The van der Waals surface area contributed by atoms with E-state index in [1.54, 1.807) is 11.8 Å². The molecule has 1 saturated heterocycles. The minimum atomic E-state index is -2.81. The molecule has 1 aromatic heterocycles. The molecule has 0 amide bonds. The fourth-order valence-corrected chi connectivity index (χ4v) is 5.16. The molecule has 0 bridgehead atoms. The van der Waals surface area contributed by atoms with Gasteiger partial charge in [-0.25, -0.2) is 8.42 Å². The quantitative estimate of drug-likeness (QED) is 0.709. The van der Waals surface area contributed by atoms with Gasteiger partial charge in [0, 0.05) is 25.8 Å². The average molecular weight is 318 g/mol. The predicted octanol–water partition coefficient (Wildman–Crippen LogP) is 0.446. The summed E-state index contributed by atoms with van der Waals surface area (Å²) in [6.45, 7) is 0.994. The highest BCUT2D eigenvalue weighted by Gasteiger charge is 2.29. The Morgan fingerprint density at radius 2 is 2.15 bits per heavy atom. The van der Waals surface area contributed by atoms with Crippen LogP contribution in [0.2, 0.25) is 0 Å². The van der Waals surface area contributed by atoms with Crippen LogP contribution in [0.25, 0.3) is 0 Å². The molecule has 0 aromatic carbocycles. The Balaban J connectivity index is 1.92. The summed E-state index contributed by atoms with van der Waals surface area (Å²) in [7, 11) is 3.23. The van der Waals surface area contributed by atoms with Crippen LogP contribution < -0.4 is 0 Å². The lowest BCUT2D eigenvalue weighted by Crippen LogP contribution is -2.15. The third-order valence-electron chi connectivity index (χ3n) is 3.49. The molecule has 0 N–H and O–H groups in total. The van der Waals surface area contributed by atoms with E-state index in [4.69, 9.17) is 0 Å². The number of hydrogen-bond donors (Lipinski definition) is 0. The molecular formula is C12H22N4O2S2. The van der Waals surface area contributed by atoms with Gasteiger partial charge in [0.2, 0.25) is 0 Å². The molecule has 0 aliphatic carbocycles. The van der Waals surface area contributed by atoms with Gasteiger partial charge in [-0.2, -0.15) is 0 Å². The summed E-state index contributed by atoms with van der Waals surface area (Å²) < 4.78 is 24.9. The molecule has 0 saturated carbocycles. The largest absolute Gasteiger partial charge is 0.309 e. The van der Waals surface area contributed by atoms with E-state index in [9.17, 15) is 8.42 Å². The minimum absolute atomic E-state index is 0.197. The van der Waals surface area contributed by atoms with E-state index in [0.717, 1.165) is 29.7 Å². The van der Waals surface area contributed by atoms with Crippen molar-refractivity contribution in [2.45, 2.75) is 18.0 Å². The van der Waals surface area contributed by atoms with Crippen LogP contribution in [0.5, 0.6) is 0 Å². The Labute approximate surface area is 124 Å². The maximum atomic E-state index is 11.5. The molecular weight excluding hydrogens is 296 g/mol. The van der Waals surface area contributed by atoms with Crippen LogP contribution in [0.3, 0.4) is 0 Å². The zero-order valence-electron chi connectivity index (χ0n) is 12.2. The molecule has 0 radical (unpaired) electrons. The molecule has 0 spiro atoms. The molecule has 1 aliphatic rings. The first-order valence-corrected chi connectivity index (χ1v) is 9.54. The van der Waals surface area contributed by atoms with Crippen molar-refractivity contribution >= 4 is 21.6 Å². The van der Waals surface area contributed by atoms with Gasteiger partial charge in [0.05, 0.1) is 11.5 Å². The molecule has 8 heteroatoms. The van der Waals surface area contributed by atoms with Crippen molar-refractivity contribution in [3.05, 3.63) is 5.82 Å². The first-order chi connectivity index (χ1) is 9.37. The van der Waals surface area contributed by atoms with E-state index in [2.05, 4.69) is 15.1 Å². The maximum Gasteiger partial charge on any atom is 0.190 e. The SMILES string of the molecule is CN(C)CCSc1nnc(C[C@H]2CCS(=O)(=O)C2)n1C. The van der Waals surface area contributed by atoms with E-state index in [0.29, 0.717) is 17.9 Å². The Kier molecular flexibility index (Phi) is 5.09. The lowest BCUT2D eigenvalue weighted by atomic mass is 10.1. The van der Waals surface area contributed by atoms with Gasteiger partial charge in [0.25, 0.3) is 0 Å². The van der Waals surface area contributed by atoms with E-state index in [1.165, 1.54) is 0 Å². The minimum Gasteiger partial charge on any atom is -0.309 e. The highest BCUT2D eigenvalue weighted by Crippen LogP contribution is 2.23. The number of nitrogens with zero attached hydrogens (tertiary/aromatic N) is 4. The molecule has 1 aromatic rings. The molecule has 114 valence electrons. The van der Waals surface area contributed by atoms with Gasteiger partial charge >= 0.3 is 0 Å². The lowest BCUT2D eigenvalue weighted by Gasteiger charge is -2.09. The summed E-state index contributed by atoms with van der Waals surface area (Å²) in [5.41, 5.74) is 0. The van der Waals surface area contributed by atoms with Crippen molar-refractivity contribution in [3.8, 4) is 0 Å². The topological polar surface area (TPSA) is 68.1 Å². The van der Waals surface area contributed by atoms with Crippen LogP contribution in [-0.4, -0.2) is 66.0 Å². The molecule has 20 heavy (non-hydrogen) atoms. The van der Waals surface area contributed by atoms with E-state index >= 15 is 0 Å². The van der Waals surface area contributed by atoms with Crippen molar-refractivity contribution in [2.75, 3.05) is 37.9 Å². The second-order valence-electron chi connectivity index (χ2n) is 5.58. The Bertz CT molecular complexity index is 554. The summed E-state index contributed by atoms with van der Waals surface area (Å²) in [4.78, 5) is 2.13. The average Bonchev–Trinajstić information content (AvgIpc) is 2.85. The molecule has 1 atom stereocenters.